The molecule has 0 saturated carbocycles. The highest BCUT2D eigenvalue weighted by Crippen LogP contribution is 2.27. The summed E-state index contributed by atoms with van der Waals surface area (Å²) >= 11 is 0. The van der Waals surface area contributed by atoms with Crippen molar-refractivity contribution in [2.45, 2.75) is 0 Å². The Balaban J connectivity index is 1.83. The number of halogens is 2. The SMILES string of the molecule is COc1cc(/C=C/c2nnc(-c3ccc(F)cc3F)o2)ccc1O. The maximum atomic E-state index is 13.7. The van der Waals surface area contributed by atoms with Crippen LogP contribution in [0.15, 0.2) is 40.8 Å². The van der Waals surface area contributed by atoms with Gasteiger partial charge < -0.3 is 14.3 Å². The van der Waals surface area contributed by atoms with Gasteiger partial charge in [-0.05, 0) is 35.9 Å². The van der Waals surface area contributed by atoms with Crippen molar-refractivity contribution < 1.29 is 23.0 Å². The third-order valence-corrected chi connectivity index (χ3v) is 3.22. The Morgan fingerprint density at radius 1 is 1.08 bits per heavy atom. The lowest BCUT2D eigenvalue weighted by Gasteiger charge is -2.03. The molecule has 0 fully saturated rings. The molecule has 0 unspecified atom stereocenters. The molecule has 3 aromatic rings. The number of methoxy groups -OCH3 is 1. The van der Waals surface area contributed by atoms with Gasteiger partial charge in [-0.1, -0.05) is 6.07 Å². The van der Waals surface area contributed by atoms with Crippen LogP contribution in [0.25, 0.3) is 23.6 Å². The molecule has 5 nitrogen and oxygen atoms in total. The van der Waals surface area contributed by atoms with Crippen LogP contribution in [-0.4, -0.2) is 22.4 Å². The van der Waals surface area contributed by atoms with Crippen molar-refractivity contribution in [1.82, 2.24) is 10.2 Å². The number of phenols is 1. The normalized spacial score (nSPS) is 11.1. The van der Waals surface area contributed by atoms with Gasteiger partial charge in [0.1, 0.15) is 11.6 Å². The second kappa shape index (κ2) is 6.49. The number of hydrogen-bond donors (Lipinski definition) is 1. The summed E-state index contributed by atoms with van der Waals surface area (Å²) in [6, 6.07) is 7.88. The highest BCUT2D eigenvalue weighted by atomic mass is 19.1. The van der Waals surface area contributed by atoms with Gasteiger partial charge in [-0.15, -0.1) is 10.2 Å². The summed E-state index contributed by atoms with van der Waals surface area (Å²) in [5.74, 6) is -0.996. The summed E-state index contributed by atoms with van der Waals surface area (Å²) in [4.78, 5) is 0. The first-order chi connectivity index (χ1) is 11.6. The van der Waals surface area contributed by atoms with Crippen molar-refractivity contribution in [2.24, 2.45) is 0 Å². The van der Waals surface area contributed by atoms with E-state index in [1.165, 1.54) is 25.3 Å². The average Bonchev–Trinajstić information content (AvgIpc) is 3.02. The fraction of sp³-hybridized carbons (Fsp3) is 0.0588. The molecule has 0 saturated heterocycles. The van der Waals surface area contributed by atoms with Crippen molar-refractivity contribution in [1.29, 1.82) is 0 Å². The van der Waals surface area contributed by atoms with Gasteiger partial charge in [-0.3, -0.25) is 0 Å². The third kappa shape index (κ3) is 3.24. The van der Waals surface area contributed by atoms with Crippen LogP contribution in [0.3, 0.4) is 0 Å². The van der Waals surface area contributed by atoms with Gasteiger partial charge in [-0.2, -0.15) is 0 Å². The summed E-state index contributed by atoms with van der Waals surface area (Å²) in [5, 5.41) is 17.1. The van der Waals surface area contributed by atoms with Crippen LogP contribution < -0.4 is 4.74 Å². The molecule has 1 aromatic heterocycles. The van der Waals surface area contributed by atoms with Gasteiger partial charge in [0.05, 0.1) is 12.7 Å². The molecule has 1 heterocycles. The Morgan fingerprint density at radius 3 is 2.67 bits per heavy atom. The summed E-state index contributed by atoms with van der Waals surface area (Å²) in [5.41, 5.74) is 0.757. The van der Waals surface area contributed by atoms with Gasteiger partial charge >= 0.3 is 0 Å². The van der Waals surface area contributed by atoms with E-state index in [2.05, 4.69) is 10.2 Å². The van der Waals surface area contributed by atoms with Gasteiger partial charge in [-0.25, -0.2) is 8.78 Å². The summed E-state index contributed by atoms with van der Waals surface area (Å²) in [6.07, 6.45) is 3.20. The van der Waals surface area contributed by atoms with E-state index in [4.69, 9.17) is 9.15 Å². The Kier molecular flexibility index (Phi) is 4.24. The van der Waals surface area contributed by atoms with Crippen molar-refractivity contribution in [3.8, 4) is 23.0 Å². The number of ether oxygens (including phenoxy) is 1. The number of nitrogens with zero attached hydrogens (tertiary/aromatic N) is 2. The predicted molar refractivity (Wildman–Crippen MR) is 83.2 cm³/mol. The number of hydrogen-bond acceptors (Lipinski definition) is 5. The summed E-state index contributed by atoms with van der Waals surface area (Å²) < 4.78 is 37.0. The molecule has 0 atom stereocenters. The Bertz CT molecular complexity index is 907. The number of phenolic OH excluding ortho intramolecular Hbond substituents is 1. The molecule has 2 aromatic carbocycles. The molecule has 0 aliphatic rings. The van der Waals surface area contributed by atoms with E-state index in [0.717, 1.165) is 17.7 Å². The second-order valence-corrected chi connectivity index (χ2v) is 4.83. The number of aromatic nitrogens is 2. The molecule has 0 bridgehead atoms. The molecule has 0 aliphatic heterocycles. The topological polar surface area (TPSA) is 68.4 Å². The van der Waals surface area contributed by atoms with Crippen LogP contribution >= 0.6 is 0 Å². The molecular formula is C17H12F2N2O3. The smallest absolute Gasteiger partial charge is 0.251 e. The first-order valence-electron chi connectivity index (χ1n) is 6.91. The zero-order valence-corrected chi connectivity index (χ0v) is 12.5. The van der Waals surface area contributed by atoms with Gasteiger partial charge in [0, 0.05) is 12.1 Å². The first kappa shape index (κ1) is 15.7. The lowest BCUT2D eigenvalue weighted by Crippen LogP contribution is -1.86. The van der Waals surface area contributed by atoms with E-state index in [1.807, 2.05) is 0 Å². The fourth-order valence-corrected chi connectivity index (χ4v) is 2.04. The van der Waals surface area contributed by atoms with Crippen LogP contribution in [0, 0.1) is 11.6 Å². The Hall–Kier alpha value is -3.22. The van der Waals surface area contributed by atoms with Gasteiger partial charge in [0.15, 0.2) is 11.5 Å². The van der Waals surface area contributed by atoms with E-state index in [0.29, 0.717) is 5.75 Å². The quantitative estimate of drug-likeness (QED) is 0.786. The summed E-state index contributed by atoms with van der Waals surface area (Å²) in [6.45, 7) is 0. The minimum atomic E-state index is -0.780. The van der Waals surface area contributed by atoms with E-state index < -0.39 is 11.6 Å². The summed E-state index contributed by atoms with van der Waals surface area (Å²) in [7, 11) is 1.45. The van der Waals surface area contributed by atoms with Crippen molar-refractivity contribution >= 4 is 12.2 Å². The molecule has 0 aliphatic carbocycles. The van der Waals surface area contributed by atoms with Crippen molar-refractivity contribution in [3.63, 3.8) is 0 Å². The Labute approximate surface area is 135 Å². The minimum Gasteiger partial charge on any atom is -0.504 e. The van der Waals surface area contributed by atoms with Gasteiger partial charge in [0.2, 0.25) is 5.89 Å². The standard InChI is InChI=1S/C17H12F2N2O3/c1-23-15-8-10(2-6-14(15)22)3-7-16-20-21-17(24-16)12-5-4-11(18)9-13(12)19/h2-9,22H,1H3/b7-3+. The number of aromatic hydroxyl groups is 1. The van der Waals surface area contributed by atoms with Crippen LogP contribution in [-0.2, 0) is 0 Å². The average molecular weight is 330 g/mol. The van der Waals surface area contributed by atoms with E-state index >= 15 is 0 Å². The second-order valence-electron chi connectivity index (χ2n) is 4.83. The molecule has 7 heteroatoms. The van der Waals surface area contributed by atoms with Crippen LogP contribution in [0.1, 0.15) is 11.5 Å². The van der Waals surface area contributed by atoms with Gasteiger partial charge in [0.25, 0.3) is 5.89 Å². The third-order valence-electron chi connectivity index (χ3n) is 3.22. The van der Waals surface area contributed by atoms with Crippen LogP contribution in [0.2, 0.25) is 0 Å². The van der Waals surface area contributed by atoms with Crippen LogP contribution in [0.4, 0.5) is 8.78 Å². The fourth-order valence-electron chi connectivity index (χ4n) is 2.04. The molecule has 0 amide bonds. The van der Waals surface area contributed by atoms with E-state index in [-0.39, 0.29) is 23.1 Å². The number of rotatable bonds is 4. The highest BCUT2D eigenvalue weighted by molar-refractivity contribution is 5.68. The maximum absolute atomic E-state index is 13.7. The molecule has 24 heavy (non-hydrogen) atoms. The predicted octanol–water partition coefficient (Wildman–Crippen LogP) is 3.90. The zero-order chi connectivity index (χ0) is 17.1. The molecule has 0 spiro atoms. The largest absolute Gasteiger partial charge is 0.504 e. The first-order valence-corrected chi connectivity index (χ1v) is 6.91. The Morgan fingerprint density at radius 2 is 1.92 bits per heavy atom. The monoisotopic (exact) mass is 330 g/mol. The minimum absolute atomic E-state index is 0.0230. The lowest BCUT2D eigenvalue weighted by atomic mass is 10.2. The molecule has 3 rings (SSSR count). The molecule has 0 radical (unpaired) electrons. The van der Waals surface area contributed by atoms with E-state index in [9.17, 15) is 13.9 Å². The molecular weight excluding hydrogens is 318 g/mol. The lowest BCUT2D eigenvalue weighted by molar-refractivity contribution is 0.373. The van der Waals surface area contributed by atoms with E-state index in [1.54, 1.807) is 18.2 Å². The van der Waals surface area contributed by atoms with Crippen molar-refractivity contribution in [2.75, 3.05) is 7.11 Å². The maximum Gasteiger partial charge on any atom is 0.251 e. The molecule has 122 valence electrons. The zero-order valence-electron chi connectivity index (χ0n) is 12.5. The van der Waals surface area contributed by atoms with Crippen molar-refractivity contribution in [3.05, 3.63) is 59.5 Å². The number of benzene rings is 2. The molecule has 1 N–H and O–H groups in total. The van der Waals surface area contributed by atoms with Crippen LogP contribution in [0.5, 0.6) is 11.5 Å². The highest BCUT2D eigenvalue weighted by Gasteiger charge is 2.12.